The number of hydrogen-bond donors (Lipinski definition) is 1. The summed E-state index contributed by atoms with van der Waals surface area (Å²) in [5.41, 5.74) is 0.823. The quantitative estimate of drug-likeness (QED) is 0.750. The predicted octanol–water partition coefficient (Wildman–Crippen LogP) is 5.06. The molecule has 1 fully saturated rings. The predicted molar refractivity (Wildman–Crippen MR) is 70.5 cm³/mol. The van der Waals surface area contributed by atoms with E-state index in [4.69, 9.17) is 23.2 Å². The second-order valence-electron chi connectivity index (χ2n) is 4.48. The highest BCUT2D eigenvalue weighted by atomic mass is 35.5. The molecule has 0 aromatic carbocycles. The molecule has 90 valence electrons. The van der Waals surface area contributed by atoms with E-state index < -0.39 is 6.10 Å². The molecule has 1 saturated carbocycles. The Morgan fingerprint density at radius 3 is 2.31 bits per heavy atom. The average molecular weight is 279 g/mol. The number of halogens is 2. The molecule has 0 spiro atoms. The molecule has 1 nitrogen and oxygen atoms in total. The van der Waals surface area contributed by atoms with Gasteiger partial charge in [0.05, 0.1) is 10.4 Å². The van der Waals surface area contributed by atoms with E-state index in [9.17, 15) is 5.11 Å². The molecule has 1 unspecified atom stereocenters. The summed E-state index contributed by atoms with van der Waals surface area (Å²) in [6, 6.07) is 1.81. The van der Waals surface area contributed by atoms with Crippen molar-refractivity contribution < 1.29 is 5.11 Å². The molecular formula is C12H16Cl2OS. The van der Waals surface area contributed by atoms with Crippen LogP contribution in [-0.2, 0) is 0 Å². The van der Waals surface area contributed by atoms with Crippen molar-refractivity contribution in [2.24, 2.45) is 5.92 Å². The summed E-state index contributed by atoms with van der Waals surface area (Å²) in [4.78, 5) is 0. The fourth-order valence-corrected chi connectivity index (χ4v) is 3.97. The van der Waals surface area contributed by atoms with E-state index in [2.05, 4.69) is 0 Å². The Morgan fingerprint density at radius 2 is 1.81 bits per heavy atom. The van der Waals surface area contributed by atoms with Crippen molar-refractivity contribution in [1.82, 2.24) is 0 Å². The van der Waals surface area contributed by atoms with E-state index in [-0.39, 0.29) is 0 Å². The first kappa shape index (κ1) is 12.7. The monoisotopic (exact) mass is 278 g/mol. The third kappa shape index (κ3) is 2.92. The Kier molecular flexibility index (Phi) is 4.54. The fraction of sp³-hybridized carbons (Fsp3) is 0.667. The Balaban J connectivity index is 2.10. The highest BCUT2D eigenvalue weighted by Crippen LogP contribution is 2.41. The normalized spacial score (nSPS) is 20.7. The maximum Gasteiger partial charge on any atom is 0.100 e. The lowest BCUT2D eigenvalue weighted by molar-refractivity contribution is 0.0993. The largest absolute Gasteiger partial charge is 0.388 e. The first-order valence-electron chi connectivity index (χ1n) is 5.81. The van der Waals surface area contributed by atoms with Crippen LogP contribution in [0.25, 0.3) is 0 Å². The molecule has 1 aromatic heterocycles. The van der Waals surface area contributed by atoms with Crippen LogP contribution in [0.4, 0.5) is 0 Å². The van der Waals surface area contributed by atoms with Crippen LogP contribution in [0.1, 0.15) is 50.2 Å². The van der Waals surface area contributed by atoms with Gasteiger partial charge in [0.15, 0.2) is 0 Å². The standard InChI is InChI=1S/C12H16Cl2OS/c13-10-7-9(12(14)16-10)11(15)8-5-3-1-2-4-6-8/h7-8,11,15H,1-6H2. The van der Waals surface area contributed by atoms with Gasteiger partial charge in [0.2, 0.25) is 0 Å². The topological polar surface area (TPSA) is 20.2 Å². The van der Waals surface area contributed by atoms with Crippen molar-refractivity contribution in [3.8, 4) is 0 Å². The van der Waals surface area contributed by atoms with Crippen molar-refractivity contribution in [2.75, 3.05) is 0 Å². The Hall–Kier alpha value is 0.240. The highest BCUT2D eigenvalue weighted by molar-refractivity contribution is 7.20. The minimum Gasteiger partial charge on any atom is -0.388 e. The van der Waals surface area contributed by atoms with E-state index in [0.29, 0.717) is 14.6 Å². The van der Waals surface area contributed by atoms with Gasteiger partial charge in [-0.15, -0.1) is 11.3 Å². The molecule has 2 rings (SSSR count). The van der Waals surface area contributed by atoms with Crippen molar-refractivity contribution in [2.45, 2.75) is 44.6 Å². The molecule has 0 radical (unpaired) electrons. The summed E-state index contributed by atoms with van der Waals surface area (Å²) in [6.07, 6.45) is 6.79. The number of thiophene rings is 1. The van der Waals surface area contributed by atoms with Crippen molar-refractivity contribution in [3.63, 3.8) is 0 Å². The van der Waals surface area contributed by atoms with E-state index in [1.165, 1.54) is 37.0 Å². The van der Waals surface area contributed by atoms with Gasteiger partial charge in [0, 0.05) is 5.56 Å². The molecule has 1 aromatic rings. The van der Waals surface area contributed by atoms with Crippen molar-refractivity contribution in [1.29, 1.82) is 0 Å². The number of aliphatic hydroxyl groups is 1. The van der Waals surface area contributed by atoms with E-state index in [1.807, 2.05) is 6.07 Å². The van der Waals surface area contributed by atoms with E-state index >= 15 is 0 Å². The maximum atomic E-state index is 10.3. The molecule has 0 amide bonds. The minimum atomic E-state index is -0.436. The SMILES string of the molecule is OC(c1cc(Cl)sc1Cl)C1CCCCCC1. The average Bonchev–Trinajstić information content (AvgIpc) is 2.49. The molecule has 16 heavy (non-hydrogen) atoms. The molecule has 4 heteroatoms. The van der Waals surface area contributed by atoms with Gasteiger partial charge in [0.25, 0.3) is 0 Å². The molecule has 1 N–H and O–H groups in total. The minimum absolute atomic E-state index is 0.352. The lowest BCUT2D eigenvalue weighted by Crippen LogP contribution is -2.11. The molecule has 1 aliphatic carbocycles. The van der Waals surface area contributed by atoms with Crippen LogP contribution in [0.15, 0.2) is 6.07 Å². The van der Waals surface area contributed by atoms with Crippen LogP contribution in [0.5, 0.6) is 0 Å². The van der Waals surface area contributed by atoms with E-state index in [0.717, 1.165) is 18.4 Å². The van der Waals surface area contributed by atoms with Crippen molar-refractivity contribution >= 4 is 34.5 Å². The van der Waals surface area contributed by atoms with Gasteiger partial charge in [-0.1, -0.05) is 48.9 Å². The lowest BCUT2D eigenvalue weighted by Gasteiger charge is -2.20. The van der Waals surface area contributed by atoms with Gasteiger partial charge in [-0.3, -0.25) is 0 Å². The Bertz CT molecular complexity index is 343. The van der Waals surface area contributed by atoms with Gasteiger partial charge in [0.1, 0.15) is 4.34 Å². The van der Waals surface area contributed by atoms with Crippen LogP contribution in [0.3, 0.4) is 0 Å². The third-order valence-corrected chi connectivity index (χ3v) is 4.87. The zero-order valence-electron chi connectivity index (χ0n) is 9.09. The second kappa shape index (κ2) is 5.72. The van der Waals surface area contributed by atoms with Gasteiger partial charge in [-0.25, -0.2) is 0 Å². The van der Waals surface area contributed by atoms with Crippen molar-refractivity contribution in [3.05, 3.63) is 20.3 Å². The summed E-state index contributed by atoms with van der Waals surface area (Å²) >= 11 is 13.3. The van der Waals surface area contributed by atoms with Crippen LogP contribution in [-0.4, -0.2) is 5.11 Å². The number of hydrogen-bond acceptors (Lipinski definition) is 2. The number of aliphatic hydroxyl groups excluding tert-OH is 1. The Labute approximate surface area is 110 Å². The molecule has 1 aliphatic rings. The molecule has 1 atom stereocenters. The van der Waals surface area contributed by atoms with Gasteiger partial charge in [-0.2, -0.15) is 0 Å². The lowest BCUT2D eigenvalue weighted by atomic mass is 9.91. The van der Waals surface area contributed by atoms with Crippen LogP contribution < -0.4 is 0 Å². The molecular weight excluding hydrogens is 263 g/mol. The molecule has 0 saturated heterocycles. The molecule has 1 heterocycles. The van der Waals surface area contributed by atoms with Crippen LogP contribution >= 0.6 is 34.5 Å². The van der Waals surface area contributed by atoms with Crippen LogP contribution in [0, 0.1) is 5.92 Å². The summed E-state index contributed by atoms with van der Waals surface area (Å²) in [6.45, 7) is 0. The first-order valence-corrected chi connectivity index (χ1v) is 7.38. The zero-order chi connectivity index (χ0) is 11.5. The fourth-order valence-electron chi connectivity index (χ4n) is 2.44. The summed E-state index contributed by atoms with van der Waals surface area (Å²) in [7, 11) is 0. The maximum absolute atomic E-state index is 10.3. The first-order chi connectivity index (χ1) is 7.68. The molecule has 0 bridgehead atoms. The highest BCUT2D eigenvalue weighted by Gasteiger charge is 2.25. The molecule has 0 aliphatic heterocycles. The Morgan fingerprint density at radius 1 is 1.19 bits per heavy atom. The third-order valence-electron chi connectivity index (χ3n) is 3.35. The van der Waals surface area contributed by atoms with Crippen LogP contribution in [0.2, 0.25) is 8.67 Å². The zero-order valence-corrected chi connectivity index (χ0v) is 11.4. The smallest absolute Gasteiger partial charge is 0.100 e. The van der Waals surface area contributed by atoms with Gasteiger partial charge in [-0.05, 0) is 24.8 Å². The van der Waals surface area contributed by atoms with Gasteiger partial charge >= 0.3 is 0 Å². The van der Waals surface area contributed by atoms with Gasteiger partial charge < -0.3 is 5.11 Å². The number of rotatable bonds is 2. The van der Waals surface area contributed by atoms with E-state index in [1.54, 1.807) is 0 Å². The second-order valence-corrected chi connectivity index (χ2v) is 6.76. The summed E-state index contributed by atoms with van der Waals surface area (Å²) in [5, 5.41) is 10.3. The summed E-state index contributed by atoms with van der Waals surface area (Å²) < 4.78 is 1.30. The summed E-state index contributed by atoms with van der Waals surface area (Å²) in [5.74, 6) is 0.352.